The van der Waals surface area contributed by atoms with Gasteiger partial charge in [-0.05, 0) is 57.9 Å². The van der Waals surface area contributed by atoms with Crippen LogP contribution in [0.4, 0.5) is 5.82 Å². The van der Waals surface area contributed by atoms with Gasteiger partial charge in [-0.1, -0.05) is 35.9 Å². The molecule has 3 N–H and O–H groups in total. The molecule has 2 heterocycles. The van der Waals surface area contributed by atoms with Crippen LogP contribution in [-0.4, -0.2) is 26.6 Å². The van der Waals surface area contributed by atoms with Crippen molar-refractivity contribution in [3.63, 3.8) is 0 Å². The molecule has 2 aromatic carbocycles. The molecule has 2 aromatic heterocycles. The van der Waals surface area contributed by atoms with Crippen LogP contribution in [0.15, 0.2) is 77.5 Å². The van der Waals surface area contributed by atoms with E-state index in [1.807, 2.05) is 53.4 Å². The van der Waals surface area contributed by atoms with E-state index in [1.54, 1.807) is 24.3 Å². The number of nitrogens with zero attached hydrogens (tertiary/aromatic N) is 2. The lowest BCUT2D eigenvalue weighted by atomic mass is 10.2. The number of H-pyrrole nitrogens is 1. The van der Waals surface area contributed by atoms with E-state index in [0.717, 1.165) is 11.3 Å². The Kier molecular flexibility index (Phi) is 6.20. The van der Waals surface area contributed by atoms with Gasteiger partial charge in [0, 0.05) is 24.6 Å². The van der Waals surface area contributed by atoms with Crippen molar-refractivity contribution in [1.82, 2.24) is 20.1 Å². The first-order valence-electron chi connectivity index (χ1n) is 9.33. The highest BCUT2D eigenvalue weighted by Gasteiger charge is 2.20. The Morgan fingerprint density at radius 3 is 2.58 bits per heavy atom. The fourth-order valence-corrected chi connectivity index (χ4v) is 3.67. The van der Waals surface area contributed by atoms with E-state index in [2.05, 4.69) is 36.8 Å². The molecule has 0 saturated carbocycles. The summed E-state index contributed by atoms with van der Waals surface area (Å²) in [7, 11) is 0. The van der Waals surface area contributed by atoms with Crippen molar-refractivity contribution in [1.29, 1.82) is 0 Å². The average Bonchev–Trinajstić information content (AvgIpc) is 3.43. The summed E-state index contributed by atoms with van der Waals surface area (Å²) in [5, 5.41) is 12.5. The Bertz CT molecular complexity index is 1240. The summed E-state index contributed by atoms with van der Waals surface area (Å²) in [4.78, 5) is 25.1. The highest BCUT2D eigenvalue weighted by Crippen LogP contribution is 2.25. The third-order valence-electron chi connectivity index (χ3n) is 4.55. The first-order valence-corrected chi connectivity index (χ1v) is 10.5. The first-order chi connectivity index (χ1) is 15.0. The zero-order chi connectivity index (χ0) is 21.8. The molecule has 0 aliphatic carbocycles. The molecule has 9 heteroatoms. The highest BCUT2D eigenvalue weighted by molar-refractivity contribution is 9.10. The lowest BCUT2D eigenvalue weighted by Gasteiger charge is -2.08. The van der Waals surface area contributed by atoms with Crippen LogP contribution in [0.1, 0.15) is 26.4 Å². The quantitative estimate of drug-likeness (QED) is 0.357. The fraction of sp³-hybridized carbons (Fsp3) is 0.0455. The van der Waals surface area contributed by atoms with E-state index in [1.165, 1.54) is 0 Å². The molecule has 0 saturated heterocycles. The molecule has 0 bridgehead atoms. The lowest BCUT2D eigenvalue weighted by Crippen LogP contribution is -2.23. The Balaban J connectivity index is 1.42. The van der Waals surface area contributed by atoms with Crippen LogP contribution in [0.5, 0.6) is 0 Å². The zero-order valence-electron chi connectivity index (χ0n) is 16.1. The van der Waals surface area contributed by atoms with Crippen LogP contribution in [0, 0.1) is 0 Å². The Labute approximate surface area is 191 Å². The number of aromatic amines is 1. The minimum absolute atomic E-state index is 0.135. The molecule has 0 spiro atoms. The lowest BCUT2D eigenvalue weighted by molar-refractivity contribution is 0.0944. The van der Waals surface area contributed by atoms with Crippen molar-refractivity contribution >= 4 is 45.2 Å². The highest BCUT2D eigenvalue weighted by atomic mass is 79.9. The molecule has 4 rings (SSSR count). The predicted octanol–water partition coefficient (Wildman–Crippen LogP) is 4.80. The van der Waals surface area contributed by atoms with Crippen molar-refractivity contribution < 1.29 is 9.59 Å². The normalized spacial score (nSPS) is 10.6. The van der Waals surface area contributed by atoms with Crippen LogP contribution < -0.4 is 10.6 Å². The molecule has 0 aliphatic rings. The molecule has 31 heavy (non-hydrogen) atoms. The van der Waals surface area contributed by atoms with Gasteiger partial charge < -0.3 is 15.2 Å². The van der Waals surface area contributed by atoms with Crippen LogP contribution in [-0.2, 0) is 6.54 Å². The molecule has 0 aliphatic heterocycles. The number of carbonyl (C=O) groups excluding carboxylic acids is 2. The van der Waals surface area contributed by atoms with Crippen LogP contribution in [0.25, 0.3) is 5.69 Å². The van der Waals surface area contributed by atoms with Crippen LogP contribution in [0.3, 0.4) is 0 Å². The molecule has 156 valence electrons. The van der Waals surface area contributed by atoms with Crippen LogP contribution >= 0.6 is 27.5 Å². The molecular formula is C22H17BrClN5O2. The molecule has 4 aromatic rings. The third kappa shape index (κ3) is 4.70. The maximum absolute atomic E-state index is 12.6. The Morgan fingerprint density at radius 2 is 1.81 bits per heavy atom. The molecule has 0 fully saturated rings. The number of hydrogen-bond donors (Lipinski definition) is 3. The van der Waals surface area contributed by atoms with Gasteiger partial charge in [0.15, 0.2) is 5.69 Å². The average molecular weight is 499 g/mol. The van der Waals surface area contributed by atoms with Gasteiger partial charge in [-0.15, -0.1) is 0 Å². The van der Waals surface area contributed by atoms with E-state index in [4.69, 9.17) is 11.6 Å². The van der Waals surface area contributed by atoms with Crippen molar-refractivity contribution in [2.45, 2.75) is 6.54 Å². The van der Waals surface area contributed by atoms with Crippen molar-refractivity contribution in [3.05, 3.63) is 99.4 Å². The smallest absolute Gasteiger partial charge is 0.273 e. The molecule has 7 nitrogen and oxygen atoms in total. The number of halogens is 2. The number of nitrogens with one attached hydrogen (secondary N) is 3. The monoisotopic (exact) mass is 497 g/mol. The number of aromatic nitrogens is 3. The molecular weight excluding hydrogens is 482 g/mol. The predicted molar refractivity (Wildman–Crippen MR) is 123 cm³/mol. The van der Waals surface area contributed by atoms with Gasteiger partial charge in [-0.2, -0.15) is 5.10 Å². The maximum atomic E-state index is 12.6. The molecule has 0 unspecified atom stereocenters. The summed E-state index contributed by atoms with van der Waals surface area (Å²) in [6.07, 6.45) is 3.91. The van der Waals surface area contributed by atoms with Crippen molar-refractivity contribution in [2.24, 2.45) is 0 Å². The second-order valence-electron chi connectivity index (χ2n) is 6.64. The Morgan fingerprint density at radius 1 is 1.03 bits per heavy atom. The summed E-state index contributed by atoms with van der Waals surface area (Å²) in [6, 6.07) is 18.4. The number of carbonyl (C=O) groups is 2. The summed E-state index contributed by atoms with van der Waals surface area (Å²) in [6.45, 7) is 0.328. The minimum atomic E-state index is -0.413. The molecule has 2 amide bonds. The second kappa shape index (κ2) is 9.20. The number of benzene rings is 2. The van der Waals surface area contributed by atoms with E-state index >= 15 is 0 Å². The van der Waals surface area contributed by atoms with Gasteiger partial charge in [-0.25, -0.2) is 0 Å². The van der Waals surface area contributed by atoms with Gasteiger partial charge in [0.25, 0.3) is 11.8 Å². The van der Waals surface area contributed by atoms with E-state index in [-0.39, 0.29) is 17.4 Å². The molecule has 0 radical (unpaired) electrons. The SMILES string of the molecule is O=C(Nc1[nH]nc(C(=O)NCc2cccc(-n3cccc3)c2)c1Br)c1ccccc1Cl. The van der Waals surface area contributed by atoms with Crippen molar-refractivity contribution in [3.8, 4) is 5.69 Å². The van der Waals surface area contributed by atoms with E-state index < -0.39 is 5.91 Å². The van der Waals surface area contributed by atoms with E-state index in [0.29, 0.717) is 21.6 Å². The summed E-state index contributed by atoms with van der Waals surface area (Å²) in [5.74, 6) is -0.527. The molecule has 0 atom stereocenters. The Hall–Kier alpha value is -3.36. The van der Waals surface area contributed by atoms with Gasteiger partial charge >= 0.3 is 0 Å². The topological polar surface area (TPSA) is 91.8 Å². The van der Waals surface area contributed by atoms with Gasteiger partial charge in [0.05, 0.1) is 15.1 Å². The standard InChI is InChI=1S/C22H17BrClN5O2/c23-18-19(27-28-20(18)26-21(30)16-8-1-2-9-17(16)24)22(31)25-13-14-6-5-7-15(12-14)29-10-3-4-11-29/h1-12H,13H2,(H,25,31)(H2,26,27,28,30). The number of amides is 2. The largest absolute Gasteiger partial charge is 0.347 e. The summed E-state index contributed by atoms with van der Waals surface area (Å²) in [5.41, 5.74) is 2.40. The minimum Gasteiger partial charge on any atom is -0.347 e. The van der Waals surface area contributed by atoms with Gasteiger partial charge in [0.2, 0.25) is 0 Å². The van der Waals surface area contributed by atoms with Gasteiger partial charge in [0.1, 0.15) is 5.82 Å². The maximum Gasteiger partial charge on any atom is 0.273 e. The van der Waals surface area contributed by atoms with Gasteiger partial charge in [-0.3, -0.25) is 14.7 Å². The van der Waals surface area contributed by atoms with E-state index in [9.17, 15) is 9.59 Å². The number of hydrogen-bond acceptors (Lipinski definition) is 3. The second-order valence-corrected chi connectivity index (χ2v) is 7.84. The number of rotatable bonds is 6. The summed E-state index contributed by atoms with van der Waals surface area (Å²) >= 11 is 9.39. The first kappa shape index (κ1) is 20.9. The summed E-state index contributed by atoms with van der Waals surface area (Å²) < 4.78 is 2.34. The fourth-order valence-electron chi connectivity index (χ4n) is 2.99. The van der Waals surface area contributed by atoms with Crippen LogP contribution in [0.2, 0.25) is 5.02 Å². The van der Waals surface area contributed by atoms with Crippen molar-refractivity contribution in [2.75, 3.05) is 5.32 Å². The third-order valence-corrected chi connectivity index (χ3v) is 5.65. The number of anilines is 1. The zero-order valence-corrected chi connectivity index (χ0v) is 18.4.